The molecule has 3 rings (SSSR count). The largest absolute Gasteiger partial charge is 0.493 e. The molecule has 0 aliphatic carbocycles. The van der Waals surface area contributed by atoms with Crippen LogP contribution in [0, 0.1) is 0 Å². The number of ether oxygens (including phenoxy) is 4. The summed E-state index contributed by atoms with van der Waals surface area (Å²) in [5.41, 5.74) is 13.6. The zero-order valence-electron chi connectivity index (χ0n) is 21.1. The van der Waals surface area contributed by atoms with E-state index in [2.05, 4.69) is 23.8 Å². The number of hydrogen-bond donors (Lipinski definition) is 2. The average Bonchev–Trinajstić information content (AvgIpc) is 3.26. The fourth-order valence-electron chi connectivity index (χ4n) is 3.30. The maximum absolute atomic E-state index is 5.97. The van der Waals surface area contributed by atoms with Crippen molar-refractivity contribution in [1.82, 2.24) is 15.0 Å². The minimum absolute atomic E-state index is 0.360. The molecule has 36 heavy (non-hydrogen) atoms. The Balaban J connectivity index is 1.67. The molecule has 0 saturated heterocycles. The molecule has 4 N–H and O–H groups in total. The number of nitrogens with two attached hydrogens (primary N) is 2. The highest BCUT2D eigenvalue weighted by Gasteiger charge is 2.16. The van der Waals surface area contributed by atoms with Crippen LogP contribution in [-0.2, 0) is 21.6 Å². The molecule has 0 amide bonds. The molecule has 9 nitrogen and oxygen atoms in total. The van der Waals surface area contributed by atoms with E-state index >= 15 is 0 Å². The van der Waals surface area contributed by atoms with E-state index in [9.17, 15) is 0 Å². The first-order valence-electron chi connectivity index (χ1n) is 12.0. The van der Waals surface area contributed by atoms with Crippen molar-refractivity contribution in [1.29, 1.82) is 0 Å². The van der Waals surface area contributed by atoms with E-state index in [-0.39, 0.29) is 0 Å². The predicted molar refractivity (Wildman–Crippen MR) is 146 cm³/mol. The van der Waals surface area contributed by atoms with Gasteiger partial charge in [-0.1, -0.05) is 32.0 Å². The third-order valence-corrected chi connectivity index (χ3v) is 7.02. The molecule has 0 radical (unpaired) electrons. The Hall–Kier alpha value is -2.60. The Kier molecular flexibility index (Phi) is 11.5. The monoisotopic (exact) mass is 533 g/mol. The van der Waals surface area contributed by atoms with E-state index in [1.807, 2.05) is 18.2 Å². The number of aryl methyl sites for hydroxylation is 1. The molecule has 1 aromatic carbocycles. The molecule has 0 aliphatic rings. The van der Waals surface area contributed by atoms with Gasteiger partial charge in [0.25, 0.3) is 0 Å². The van der Waals surface area contributed by atoms with Gasteiger partial charge in [-0.3, -0.25) is 0 Å². The Morgan fingerprint density at radius 1 is 0.861 bits per heavy atom. The molecule has 196 valence electrons. The van der Waals surface area contributed by atoms with Crippen molar-refractivity contribution in [3.8, 4) is 22.1 Å². The van der Waals surface area contributed by atoms with Crippen LogP contribution < -0.4 is 20.9 Å². The molecule has 11 heteroatoms. The van der Waals surface area contributed by atoms with Gasteiger partial charge in [-0.05, 0) is 31.0 Å². The number of benzene rings is 1. The van der Waals surface area contributed by atoms with Crippen LogP contribution in [0.4, 0.5) is 11.6 Å². The molecule has 2 aromatic heterocycles. The summed E-state index contributed by atoms with van der Waals surface area (Å²) in [5, 5.41) is 1.47. The van der Waals surface area contributed by atoms with E-state index in [1.165, 1.54) is 16.6 Å². The van der Waals surface area contributed by atoms with Gasteiger partial charge in [0.2, 0.25) is 0 Å². The Morgan fingerprint density at radius 3 is 2.28 bits per heavy atom. The molecule has 3 aromatic rings. The maximum atomic E-state index is 5.97. The molecule has 0 atom stereocenters. The Bertz CT molecular complexity index is 1080. The third-order valence-electron chi connectivity index (χ3n) is 4.95. The lowest BCUT2D eigenvalue weighted by atomic mass is 10.2. The second-order valence-corrected chi connectivity index (χ2v) is 9.89. The van der Waals surface area contributed by atoms with E-state index in [0.717, 1.165) is 42.1 Å². The summed E-state index contributed by atoms with van der Waals surface area (Å²) in [7, 11) is 1.63. The second-order valence-electron chi connectivity index (χ2n) is 7.87. The van der Waals surface area contributed by atoms with Crippen LogP contribution in [0.3, 0.4) is 0 Å². The van der Waals surface area contributed by atoms with Gasteiger partial charge >= 0.3 is 0 Å². The fourth-order valence-corrected chi connectivity index (χ4v) is 5.41. The summed E-state index contributed by atoms with van der Waals surface area (Å²) in [6.45, 7) is 7.03. The third kappa shape index (κ3) is 8.51. The molecule has 0 aliphatic heterocycles. The molecule has 0 bridgehead atoms. The molecule has 2 heterocycles. The number of hydrogen-bond acceptors (Lipinski definition) is 11. The van der Waals surface area contributed by atoms with Gasteiger partial charge in [-0.25, -0.2) is 15.0 Å². The quantitative estimate of drug-likeness (QED) is 0.150. The van der Waals surface area contributed by atoms with Gasteiger partial charge in [0.05, 0.1) is 32.6 Å². The number of anilines is 2. The van der Waals surface area contributed by atoms with Gasteiger partial charge in [0.15, 0.2) is 16.7 Å². The smallest absolute Gasteiger partial charge is 0.191 e. The lowest BCUT2D eigenvalue weighted by Crippen LogP contribution is -2.11. The molecular formula is C25H35N5O4S2. The van der Waals surface area contributed by atoms with E-state index in [0.29, 0.717) is 60.5 Å². The van der Waals surface area contributed by atoms with E-state index < -0.39 is 0 Å². The first-order chi connectivity index (χ1) is 17.5. The Labute approximate surface area is 220 Å². The first kappa shape index (κ1) is 28.0. The zero-order chi connectivity index (χ0) is 25.8. The fraction of sp³-hybridized carbons (Fsp3) is 0.480. The highest BCUT2D eigenvalue weighted by Crippen LogP contribution is 2.37. The van der Waals surface area contributed by atoms with Crippen molar-refractivity contribution < 1.29 is 18.9 Å². The van der Waals surface area contributed by atoms with Gasteiger partial charge in [-0.15, -0.1) is 11.3 Å². The molecule has 0 fully saturated rings. The van der Waals surface area contributed by atoms with E-state index in [4.69, 9.17) is 35.4 Å². The molecule has 0 saturated carbocycles. The number of thioether (sulfide) groups is 1. The number of aromatic nitrogens is 3. The van der Waals surface area contributed by atoms with Crippen LogP contribution in [0.2, 0.25) is 0 Å². The number of thiazole rings is 1. The summed E-state index contributed by atoms with van der Waals surface area (Å²) in [4.78, 5) is 14.7. The van der Waals surface area contributed by atoms with Crippen molar-refractivity contribution in [2.75, 3.05) is 51.6 Å². The summed E-state index contributed by atoms with van der Waals surface area (Å²) in [5.74, 6) is 2.68. The first-order valence-corrected chi connectivity index (χ1v) is 13.8. The lowest BCUT2D eigenvalue weighted by molar-refractivity contribution is 0.0363. The minimum atomic E-state index is 0.360. The highest BCUT2D eigenvalue weighted by atomic mass is 32.2. The van der Waals surface area contributed by atoms with Crippen LogP contribution in [-0.4, -0.2) is 55.1 Å². The van der Waals surface area contributed by atoms with Crippen LogP contribution in [0.25, 0.3) is 10.6 Å². The summed E-state index contributed by atoms with van der Waals surface area (Å²) >= 11 is 3.17. The van der Waals surface area contributed by atoms with Gasteiger partial charge in [0, 0.05) is 28.9 Å². The minimum Gasteiger partial charge on any atom is -0.493 e. The average molecular weight is 534 g/mol. The number of nitrogens with zero attached hydrogens (tertiary/aromatic N) is 3. The summed E-state index contributed by atoms with van der Waals surface area (Å²) in [6.07, 6.45) is 2.98. The highest BCUT2D eigenvalue weighted by molar-refractivity contribution is 7.98. The molecule has 0 spiro atoms. The van der Waals surface area contributed by atoms with Gasteiger partial charge in [-0.2, -0.15) is 0 Å². The second kappa shape index (κ2) is 14.8. The standard InChI is InChI=1S/C25H35N5O4S2/c1-4-6-21-18(16-35-25-29-22(26)15-23(27)30-25)28-24(36-21)17-7-8-19(31-3)20(14-17)34-13-12-33-11-10-32-9-5-2/h7-8,14-15H,4-6,9-13,16H2,1-3H3,(H4,26,27,29,30). The predicted octanol–water partition coefficient (Wildman–Crippen LogP) is 4.84. The Morgan fingerprint density at radius 2 is 1.58 bits per heavy atom. The van der Waals surface area contributed by atoms with Crippen LogP contribution >= 0.6 is 23.1 Å². The summed E-state index contributed by atoms with van der Waals surface area (Å²) < 4.78 is 22.5. The topological polar surface area (TPSA) is 128 Å². The van der Waals surface area contributed by atoms with Crippen LogP contribution in [0.5, 0.6) is 11.5 Å². The number of nitrogen functional groups attached to an aromatic ring is 2. The van der Waals surface area contributed by atoms with Crippen molar-refractivity contribution in [3.05, 3.63) is 34.8 Å². The van der Waals surface area contributed by atoms with E-state index in [1.54, 1.807) is 24.5 Å². The molecule has 0 unspecified atom stereocenters. The zero-order valence-corrected chi connectivity index (χ0v) is 22.8. The molecular weight excluding hydrogens is 498 g/mol. The van der Waals surface area contributed by atoms with Crippen molar-refractivity contribution in [2.45, 2.75) is 44.0 Å². The van der Waals surface area contributed by atoms with Gasteiger partial charge in [0.1, 0.15) is 23.3 Å². The SMILES string of the molecule is CCCOCCOCCOc1cc(-c2nc(CSc3nc(N)cc(N)n3)c(CCC)s2)ccc1OC. The van der Waals surface area contributed by atoms with Crippen LogP contribution in [0.15, 0.2) is 29.4 Å². The van der Waals surface area contributed by atoms with Gasteiger partial charge < -0.3 is 30.4 Å². The van der Waals surface area contributed by atoms with Crippen molar-refractivity contribution >= 4 is 34.7 Å². The summed E-state index contributed by atoms with van der Waals surface area (Å²) in [6, 6.07) is 7.42. The van der Waals surface area contributed by atoms with Crippen molar-refractivity contribution in [2.24, 2.45) is 0 Å². The van der Waals surface area contributed by atoms with Crippen LogP contribution in [0.1, 0.15) is 37.3 Å². The lowest BCUT2D eigenvalue weighted by Gasteiger charge is -2.12. The number of methoxy groups -OCH3 is 1. The normalized spacial score (nSPS) is 11.1. The number of rotatable bonds is 16. The van der Waals surface area contributed by atoms with Crippen molar-refractivity contribution in [3.63, 3.8) is 0 Å². The maximum Gasteiger partial charge on any atom is 0.191 e.